The topological polar surface area (TPSA) is 78.9 Å². The molecule has 1 atom stereocenters. The van der Waals surface area contributed by atoms with Crippen LogP contribution in [0, 0.1) is 0 Å². The van der Waals surface area contributed by atoms with Crippen molar-refractivity contribution in [3.8, 4) is 0 Å². The van der Waals surface area contributed by atoms with Crippen molar-refractivity contribution in [2.75, 3.05) is 13.2 Å². The Bertz CT molecular complexity index is 1720. The highest BCUT2D eigenvalue weighted by Gasteiger charge is 2.19. The average Bonchev–Trinajstić information content (AvgIpc) is 3.47. The Morgan fingerprint density at radius 2 is 0.481 bits per heavy atom. The van der Waals surface area contributed by atoms with Crippen LogP contribution < -0.4 is 0 Å². The molecule has 0 aromatic rings. The van der Waals surface area contributed by atoms with Crippen molar-refractivity contribution in [3.63, 3.8) is 0 Å². The van der Waals surface area contributed by atoms with Crippen LogP contribution in [0.1, 0.15) is 303 Å². The van der Waals surface area contributed by atoms with Crippen molar-refractivity contribution in [2.24, 2.45) is 0 Å². The molecule has 0 aliphatic heterocycles. The van der Waals surface area contributed by atoms with Crippen LogP contribution in [0.15, 0.2) is 134 Å². The van der Waals surface area contributed by atoms with Gasteiger partial charge in [-0.15, -0.1) is 0 Å². The first kappa shape index (κ1) is 76.5. The van der Waals surface area contributed by atoms with Gasteiger partial charge in [0.2, 0.25) is 0 Å². The lowest BCUT2D eigenvalue weighted by Gasteiger charge is -2.18. The van der Waals surface area contributed by atoms with Gasteiger partial charge in [0.1, 0.15) is 13.2 Å². The van der Waals surface area contributed by atoms with Gasteiger partial charge in [-0.05, 0) is 135 Å². The molecule has 6 heteroatoms. The molecule has 0 rings (SSSR count). The lowest BCUT2D eigenvalue weighted by atomic mass is 10.0. The second-order valence-electron chi connectivity index (χ2n) is 22.0. The van der Waals surface area contributed by atoms with Crippen molar-refractivity contribution >= 4 is 17.9 Å². The van der Waals surface area contributed by atoms with Crippen LogP contribution in [0.4, 0.5) is 0 Å². The van der Waals surface area contributed by atoms with Gasteiger partial charge in [0.25, 0.3) is 0 Å². The van der Waals surface area contributed by atoms with Gasteiger partial charge in [-0.25, -0.2) is 0 Å². The van der Waals surface area contributed by atoms with Gasteiger partial charge in [-0.1, -0.05) is 283 Å². The molecule has 0 fully saturated rings. The molecule has 0 radical (unpaired) electrons. The van der Waals surface area contributed by atoms with E-state index in [4.69, 9.17) is 14.2 Å². The van der Waals surface area contributed by atoms with Gasteiger partial charge in [0, 0.05) is 19.3 Å². The van der Waals surface area contributed by atoms with Crippen LogP contribution in [0.3, 0.4) is 0 Å². The SMILES string of the molecule is CC/C=C\C/C=C\C/C=C\C/C=C\C/C=C\C/C=C\CCCCCCCCCCCCCCC(=O)OCC(COC(=O)CCCC/C=C\C/C=C\C/C=C\C/C=C\CC)OC(=O)CCCCCCCCC/C=C\CCCCCCCC. The predicted octanol–water partition coefficient (Wildman–Crippen LogP) is 23.3. The number of rotatable bonds is 60. The first-order valence-electron chi connectivity index (χ1n) is 33.7. The maximum absolute atomic E-state index is 12.9. The third-order valence-electron chi connectivity index (χ3n) is 14.1. The minimum absolute atomic E-state index is 0.0958. The summed E-state index contributed by atoms with van der Waals surface area (Å²) in [5, 5.41) is 0. The van der Waals surface area contributed by atoms with Crippen molar-refractivity contribution in [1.82, 2.24) is 0 Å². The normalized spacial score (nSPS) is 13.0. The van der Waals surface area contributed by atoms with Gasteiger partial charge >= 0.3 is 17.9 Å². The summed E-state index contributed by atoms with van der Waals surface area (Å²) >= 11 is 0. The van der Waals surface area contributed by atoms with Crippen LogP contribution in [0.2, 0.25) is 0 Å². The zero-order valence-corrected chi connectivity index (χ0v) is 52.8. The van der Waals surface area contributed by atoms with Gasteiger partial charge < -0.3 is 14.2 Å². The zero-order chi connectivity index (χ0) is 58.5. The van der Waals surface area contributed by atoms with E-state index in [0.717, 1.165) is 122 Å². The number of allylic oxidation sites excluding steroid dienone is 22. The summed E-state index contributed by atoms with van der Waals surface area (Å²) in [6.07, 6.45) is 96.1. The fourth-order valence-electron chi connectivity index (χ4n) is 9.14. The summed E-state index contributed by atoms with van der Waals surface area (Å²) in [6.45, 7) is 6.38. The van der Waals surface area contributed by atoms with E-state index in [-0.39, 0.29) is 31.1 Å². The van der Waals surface area contributed by atoms with Crippen molar-refractivity contribution in [3.05, 3.63) is 134 Å². The number of hydrogen-bond donors (Lipinski definition) is 0. The van der Waals surface area contributed by atoms with Crippen molar-refractivity contribution < 1.29 is 28.6 Å². The summed E-state index contributed by atoms with van der Waals surface area (Å²) in [7, 11) is 0. The molecule has 0 bridgehead atoms. The monoisotopic (exact) mass is 1120 g/mol. The Morgan fingerprint density at radius 1 is 0.259 bits per heavy atom. The molecule has 6 nitrogen and oxygen atoms in total. The van der Waals surface area contributed by atoms with E-state index in [0.29, 0.717) is 19.3 Å². The maximum atomic E-state index is 12.9. The molecule has 460 valence electrons. The molecule has 0 heterocycles. The van der Waals surface area contributed by atoms with Crippen LogP contribution in [0.25, 0.3) is 0 Å². The van der Waals surface area contributed by atoms with Crippen LogP contribution in [0.5, 0.6) is 0 Å². The average molecular weight is 1120 g/mol. The Balaban J connectivity index is 4.32. The molecule has 0 saturated heterocycles. The standard InChI is InChI=1S/C75H124O6/c1-4-7-10-13-16-19-22-25-28-30-31-32-33-34-35-36-37-38-39-40-41-42-43-45-47-50-53-56-59-62-65-68-74(77)80-71-72(70-79-73(76)67-64-61-58-55-52-49-46-27-24-21-18-15-12-9-6-3)81-75(78)69-66-63-60-57-54-51-48-44-29-26-23-20-17-14-11-8-5-2/h7,9-10,12,16,18-19,21,25-29,31-32,34-35,37-38,46,52,55,72H,4-6,8,11,13-15,17,20,22-24,30,33,36,39-45,47-51,53-54,56-71H2,1-3H3/b10-7-,12-9-,19-16-,21-18-,28-25-,29-26-,32-31-,35-34-,38-37-,46-27-,55-52-. The molecule has 0 amide bonds. The minimum atomic E-state index is -0.803. The molecule has 0 aromatic heterocycles. The van der Waals surface area contributed by atoms with E-state index < -0.39 is 6.10 Å². The maximum Gasteiger partial charge on any atom is 0.306 e. The second kappa shape index (κ2) is 68.1. The number of esters is 3. The van der Waals surface area contributed by atoms with Crippen LogP contribution >= 0.6 is 0 Å². The van der Waals surface area contributed by atoms with Crippen LogP contribution in [-0.2, 0) is 28.6 Å². The van der Waals surface area contributed by atoms with Gasteiger partial charge in [0.05, 0.1) is 0 Å². The van der Waals surface area contributed by atoms with Gasteiger partial charge in [-0.3, -0.25) is 14.4 Å². The number of ether oxygens (including phenoxy) is 3. The summed E-state index contributed by atoms with van der Waals surface area (Å²) < 4.78 is 16.9. The first-order valence-corrected chi connectivity index (χ1v) is 33.7. The summed E-state index contributed by atoms with van der Waals surface area (Å²) in [5.74, 6) is -0.939. The largest absolute Gasteiger partial charge is 0.462 e. The Hall–Kier alpha value is -4.45. The number of carbonyl (C=O) groups excluding carboxylic acids is 3. The zero-order valence-electron chi connectivity index (χ0n) is 52.8. The third-order valence-corrected chi connectivity index (χ3v) is 14.1. The molecule has 0 N–H and O–H groups in total. The Labute approximate surface area is 500 Å². The highest BCUT2D eigenvalue weighted by molar-refractivity contribution is 5.71. The fourth-order valence-corrected chi connectivity index (χ4v) is 9.14. The third kappa shape index (κ3) is 66.2. The molecule has 1 unspecified atom stereocenters. The number of hydrogen-bond acceptors (Lipinski definition) is 6. The van der Waals surface area contributed by atoms with E-state index in [1.54, 1.807) is 0 Å². The molecule has 0 saturated carbocycles. The number of unbranched alkanes of at least 4 members (excludes halogenated alkanes) is 27. The summed E-state index contributed by atoms with van der Waals surface area (Å²) in [5.41, 5.74) is 0. The molecule has 0 aliphatic carbocycles. The Morgan fingerprint density at radius 3 is 0.790 bits per heavy atom. The molecule has 0 aliphatic rings. The van der Waals surface area contributed by atoms with Crippen molar-refractivity contribution in [2.45, 2.75) is 309 Å². The quantitative estimate of drug-likeness (QED) is 0.0261. The molecular formula is C75H124O6. The molecular weight excluding hydrogens is 997 g/mol. The van der Waals surface area contributed by atoms with E-state index in [9.17, 15) is 14.4 Å². The van der Waals surface area contributed by atoms with Crippen molar-refractivity contribution in [1.29, 1.82) is 0 Å². The van der Waals surface area contributed by atoms with E-state index in [1.807, 2.05) is 0 Å². The second-order valence-corrected chi connectivity index (χ2v) is 22.0. The minimum Gasteiger partial charge on any atom is -0.462 e. The lowest BCUT2D eigenvalue weighted by Crippen LogP contribution is -2.30. The van der Waals surface area contributed by atoms with Crippen LogP contribution in [-0.4, -0.2) is 37.2 Å². The predicted molar refractivity (Wildman–Crippen MR) is 353 cm³/mol. The highest BCUT2D eigenvalue weighted by Crippen LogP contribution is 2.16. The van der Waals surface area contributed by atoms with E-state index in [1.165, 1.54) is 141 Å². The molecule has 81 heavy (non-hydrogen) atoms. The highest BCUT2D eigenvalue weighted by atomic mass is 16.6. The smallest absolute Gasteiger partial charge is 0.306 e. The first-order chi connectivity index (χ1) is 40.0. The summed E-state index contributed by atoms with van der Waals surface area (Å²) in [4.78, 5) is 38.4. The fraction of sp³-hybridized carbons (Fsp3) is 0.667. The lowest BCUT2D eigenvalue weighted by molar-refractivity contribution is -0.167. The molecule has 0 aromatic carbocycles. The molecule has 0 spiro atoms. The van der Waals surface area contributed by atoms with Gasteiger partial charge in [-0.2, -0.15) is 0 Å². The Kier molecular flexibility index (Phi) is 64.3. The van der Waals surface area contributed by atoms with E-state index >= 15 is 0 Å². The van der Waals surface area contributed by atoms with Gasteiger partial charge in [0.15, 0.2) is 6.10 Å². The number of carbonyl (C=O) groups is 3. The van der Waals surface area contributed by atoms with E-state index in [2.05, 4.69) is 154 Å². The summed E-state index contributed by atoms with van der Waals surface area (Å²) in [6, 6.07) is 0.